The first-order valence-electron chi connectivity index (χ1n) is 9.42. The van der Waals surface area contributed by atoms with E-state index in [1.807, 2.05) is 49.4 Å². The van der Waals surface area contributed by atoms with Gasteiger partial charge in [0.15, 0.2) is 0 Å². The van der Waals surface area contributed by atoms with E-state index in [2.05, 4.69) is 41.2 Å². The van der Waals surface area contributed by atoms with Gasteiger partial charge in [0.25, 0.3) is 10.1 Å². The van der Waals surface area contributed by atoms with E-state index >= 15 is 0 Å². The van der Waals surface area contributed by atoms with Crippen molar-refractivity contribution in [1.29, 1.82) is 0 Å². The van der Waals surface area contributed by atoms with Crippen molar-refractivity contribution in [2.45, 2.75) is 44.4 Å². The summed E-state index contributed by atoms with van der Waals surface area (Å²) in [5.41, 5.74) is 0.980. The van der Waals surface area contributed by atoms with Crippen LogP contribution in [0.3, 0.4) is 0 Å². The minimum Gasteiger partial charge on any atom is -0.373 e. The molecule has 0 bridgehead atoms. The Morgan fingerprint density at radius 2 is 1.79 bits per heavy atom. The Hall–Kier alpha value is -0.993. The van der Waals surface area contributed by atoms with Crippen LogP contribution in [0.1, 0.15) is 25.0 Å². The van der Waals surface area contributed by atoms with Crippen LogP contribution in [0.25, 0.3) is 0 Å². The average Bonchev–Trinajstić information content (AvgIpc) is 2.63. The topological polar surface area (TPSA) is 52.6 Å². The SMILES string of the molecule is C[C@H]1[C@@H](c2cccc(Br)c2)O[C@@H]([Si](C)(C)c2ccccc2)C[C@H]1OS(C)(=O)=O. The minimum atomic E-state index is -3.55. The van der Waals surface area contributed by atoms with E-state index < -0.39 is 24.3 Å². The van der Waals surface area contributed by atoms with Crippen molar-refractivity contribution in [3.05, 3.63) is 64.6 Å². The van der Waals surface area contributed by atoms with Gasteiger partial charge in [0, 0.05) is 10.4 Å². The van der Waals surface area contributed by atoms with Gasteiger partial charge in [-0.25, -0.2) is 0 Å². The number of halogens is 1. The van der Waals surface area contributed by atoms with E-state index in [4.69, 9.17) is 8.92 Å². The van der Waals surface area contributed by atoms with Crippen molar-refractivity contribution in [2.75, 3.05) is 6.26 Å². The van der Waals surface area contributed by atoms with Crippen LogP contribution in [0.4, 0.5) is 0 Å². The summed E-state index contributed by atoms with van der Waals surface area (Å²) >= 11 is 3.53. The molecule has 0 saturated carbocycles. The number of rotatable bonds is 5. The second-order valence-electron chi connectivity index (χ2n) is 8.12. The molecule has 4 nitrogen and oxygen atoms in total. The van der Waals surface area contributed by atoms with Crippen LogP contribution in [0.5, 0.6) is 0 Å². The predicted octanol–water partition coefficient (Wildman–Crippen LogP) is 4.41. The monoisotopic (exact) mass is 482 g/mol. The first-order chi connectivity index (χ1) is 13.1. The third-order valence-corrected chi connectivity index (χ3v) is 10.5. The fraction of sp³-hybridized carbons (Fsp3) is 0.429. The second-order valence-corrected chi connectivity index (χ2v) is 15.3. The Morgan fingerprint density at radius 3 is 2.39 bits per heavy atom. The molecule has 0 radical (unpaired) electrons. The Kier molecular flexibility index (Phi) is 6.51. The van der Waals surface area contributed by atoms with Crippen LogP contribution in [-0.4, -0.2) is 34.6 Å². The molecule has 152 valence electrons. The molecule has 0 unspecified atom stereocenters. The van der Waals surface area contributed by atoms with Crippen LogP contribution in [-0.2, 0) is 19.0 Å². The van der Waals surface area contributed by atoms with Crippen LogP contribution in [0.15, 0.2) is 59.1 Å². The lowest BCUT2D eigenvalue weighted by Crippen LogP contribution is -2.58. The van der Waals surface area contributed by atoms with E-state index in [1.54, 1.807) is 0 Å². The van der Waals surface area contributed by atoms with Gasteiger partial charge in [-0.2, -0.15) is 8.42 Å². The number of hydrogen-bond acceptors (Lipinski definition) is 4. The quantitative estimate of drug-likeness (QED) is 0.467. The summed E-state index contributed by atoms with van der Waals surface area (Å²) in [6.45, 7) is 6.56. The van der Waals surface area contributed by atoms with E-state index in [-0.39, 0.29) is 17.7 Å². The van der Waals surface area contributed by atoms with Gasteiger partial charge in [0.05, 0.1) is 24.2 Å². The third kappa shape index (κ3) is 4.94. The molecule has 1 saturated heterocycles. The molecule has 0 aromatic heterocycles. The van der Waals surface area contributed by atoms with Crippen molar-refractivity contribution in [1.82, 2.24) is 0 Å². The maximum absolute atomic E-state index is 11.9. The molecule has 0 aliphatic carbocycles. The summed E-state index contributed by atoms with van der Waals surface area (Å²) in [4.78, 5) is 0. The lowest BCUT2D eigenvalue weighted by atomic mass is 9.89. The van der Waals surface area contributed by atoms with E-state index in [0.29, 0.717) is 6.42 Å². The van der Waals surface area contributed by atoms with Crippen molar-refractivity contribution in [3.8, 4) is 0 Å². The molecule has 2 aromatic carbocycles. The number of hydrogen-bond donors (Lipinski definition) is 0. The largest absolute Gasteiger partial charge is 0.373 e. The van der Waals surface area contributed by atoms with Gasteiger partial charge in [-0.15, -0.1) is 0 Å². The molecule has 7 heteroatoms. The summed E-state index contributed by atoms with van der Waals surface area (Å²) in [6.07, 6.45) is 1.07. The van der Waals surface area contributed by atoms with Crippen molar-refractivity contribution in [2.24, 2.45) is 5.92 Å². The van der Waals surface area contributed by atoms with Gasteiger partial charge in [0.1, 0.15) is 8.07 Å². The Labute approximate surface area is 177 Å². The van der Waals surface area contributed by atoms with Crippen LogP contribution in [0.2, 0.25) is 13.1 Å². The van der Waals surface area contributed by atoms with E-state index in [0.717, 1.165) is 16.3 Å². The van der Waals surface area contributed by atoms with Gasteiger partial charge in [0.2, 0.25) is 0 Å². The lowest BCUT2D eigenvalue weighted by Gasteiger charge is -2.45. The van der Waals surface area contributed by atoms with Gasteiger partial charge in [-0.3, -0.25) is 4.18 Å². The lowest BCUT2D eigenvalue weighted by molar-refractivity contribution is -0.0979. The zero-order valence-electron chi connectivity index (χ0n) is 16.6. The van der Waals surface area contributed by atoms with Gasteiger partial charge in [-0.05, 0) is 24.1 Å². The Balaban J connectivity index is 1.99. The Morgan fingerprint density at radius 1 is 1.11 bits per heavy atom. The van der Waals surface area contributed by atoms with Gasteiger partial charge in [-0.1, -0.05) is 83.6 Å². The molecular weight excluding hydrogens is 456 g/mol. The molecule has 0 amide bonds. The maximum atomic E-state index is 11.9. The van der Waals surface area contributed by atoms with Gasteiger partial charge >= 0.3 is 0 Å². The maximum Gasteiger partial charge on any atom is 0.264 e. The van der Waals surface area contributed by atoms with Crippen molar-refractivity contribution in [3.63, 3.8) is 0 Å². The standard InChI is InChI=1S/C21H27BrO4SSi/c1-15-19(26-27(2,23)24)14-20(28(3,4)18-11-6-5-7-12-18)25-21(15)16-9-8-10-17(22)13-16/h5-13,15,19-21H,14H2,1-4H3/t15-,19-,20+,21+/m1/s1. The molecule has 0 N–H and O–H groups in total. The fourth-order valence-electron chi connectivity index (χ4n) is 3.91. The van der Waals surface area contributed by atoms with Crippen LogP contribution in [0, 0.1) is 5.92 Å². The molecule has 2 aromatic rings. The molecular formula is C21H27BrO4SSi. The molecule has 1 aliphatic rings. The summed E-state index contributed by atoms with van der Waals surface area (Å²) in [5.74, 6) is -0.0825. The van der Waals surface area contributed by atoms with Gasteiger partial charge < -0.3 is 4.74 Å². The molecule has 1 heterocycles. The zero-order chi connectivity index (χ0) is 20.5. The minimum absolute atomic E-state index is 0.0539. The first kappa shape index (κ1) is 21.7. The summed E-state index contributed by atoms with van der Waals surface area (Å²) in [6, 6.07) is 18.4. The molecule has 0 spiro atoms. The molecule has 1 fully saturated rings. The number of ether oxygens (including phenoxy) is 1. The van der Waals surface area contributed by atoms with Crippen molar-refractivity contribution >= 4 is 39.3 Å². The fourth-order valence-corrected chi connectivity index (χ4v) is 7.76. The highest BCUT2D eigenvalue weighted by Crippen LogP contribution is 2.41. The van der Waals surface area contributed by atoms with Crippen LogP contribution < -0.4 is 5.19 Å². The average molecular weight is 484 g/mol. The molecule has 28 heavy (non-hydrogen) atoms. The van der Waals surface area contributed by atoms with Crippen LogP contribution >= 0.6 is 15.9 Å². The predicted molar refractivity (Wildman–Crippen MR) is 119 cm³/mol. The smallest absolute Gasteiger partial charge is 0.264 e. The Bertz CT molecular complexity index is 917. The first-order valence-corrected chi connectivity index (χ1v) is 15.1. The molecule has 4 atom stereocenters. The summed E-state index contributed by atoms with van der Waals surface area (Å²) < 4.78 is 37.0. The van der Waals surface area contributed by atoms with Crippen molar-refractivity contribution < 1.29 is 17.3 Å². The molecule has 1 aliphatic heterocycles. The highest BCUT2D eigenvalue weighted by Gasteiger charge is 2.46. The third-order valence-electron chi connectivity index (χ3n) is 5.62. The van der Waals surface area contributed by atoms with E-state index in [9.17, 15) is 8.42 Å². The zero-order valence-corrected chi connectivity index (χ0v) is 20.0. The van der Waals surface area contributed by atoms with E-state index in [1.165, 1.54) is 5.19 Å². The highest BCUT2D eigenvalue weighted by molar-refractivity contribution is 9.10. The normalized spacial score (nSPS) is 26.2. The summed E-state index contributed by atoms with van der Waals surface area (Å²) in [5, 5.41) is 1.29. The summed E-state index contributed by atoms with van der Waals surface area (Å²) in [7, 11) is -5.58. The number of benzene rings is 2. The second kappa shape index (κ2) is 8.40. The molecule has 3 rings (SSSR count). The highest BCUT2D eigenvalue weighted by atomic mass is 79.9.